The largest absolute Gasteiger partial charge is 0.492 e. The van der Waals surface area contributed by atoms with Crippen molar-refractivity contribution in [2.45, 2.75) is 25.2 Å². The standard InChI is InChI=1S/C12H12Cl3NO3S/c1-12(2,7-16)3-4-19-10-5-9(14)11(6-8(10)13)20(15,17)18/h5-6H,3-4H2,1-2H3. The summed E-state index contributed by atoms with van der Waals surface area (Å²) in [5, 5.41) is 8.90. The maximum atomic E-state index is 11.2. The Hall–Kier alpha value is -0.670. The van der Waals surface area contributed by atoms with Crippen LogP contribution in [0.15, 0.2) is 17.0 Å². The lowest BCUT2D eigenvalue weighted by Crippen LogP contribution is -2.13. The van der Waals surface area contributed by atoms with Gasteiger partial charge in [-0.2, -0.15) is 5.26 Å². The molecule has 0 amide bonds. The fourth-order valence-corrected chi connectivity index (χ4v) is 3.07. The Kier molecular flexibility index (Phi) is 5.56. The molecule has 0 aliphatic rings. The third kappa shape index (κ3) is 4.71. The first-order valence-electron chi connectivity index (χ1n) is 5.54. The number of nitriles is 1. The molecule has 0 aliphatic carbocycles. The summed E-state index contributed by atoms with van der Waals surface area (Å²) in [6.07, 6.45) is 0.493. The highest BCUT2D eigenvalue weighted by molar-refractivity contribution is 8.13. The van der Waals surface area contributed by atoms with Crippen molar-refractivity contribution in [1.29, 1.82) is 5.26 Å². The van der Waals surface area contributed by atoms with Crippen molar-refractivity contribution in [2.24, 2.45) is 5.41 Å². The Bertz CT molecular complexity index is 651. The van der Waals surface area contributed by atoms with Crippen LogP contribution < -0.4 is 4.74 Å². The Morgan fingerprint density at radius 2 is 1.90 bits per heavy atom. The third-order valence-electron chi connectivity index (χ3n) is 2.54. The Morgan fingerprint density at radius 3 is 2.40 bits per heavy atom. The van der Waals surface area contributed by atoms with Crippen LogP contribution in [0, 0.1) is 16.7 Å². The summed E-state index contributed by atoms with van der Waals surface area (Å²) in [7, 11) is 1.26. The van der Waals surface area contributed by atoms with Crippen molar-refractivity contribution in [3.63, 3.8) is 0 Å². The average Bonchev–Trinajstić information content (AvgIpc) is 2.31. The number of hydrogen-bond acceptors (Lipinski definition) is 4. The van der Waals surface area contributed by atoms with Crippen molar-refractivity contribution in [3.8, 4) is 11.8 Å². The lowest BCUT2D eigenvalue weighted by Gasteiger charge is -2.16. The van der Waals surface area contributed by atoms with E-state index >= 15 is 0 Å². The van der Waals surface area contributed by atoms with Crippen LogP contribution in [0.1, 0.15) is 20.3 Å². The molecule has 1 aromatic carbocycles. The zero-order chi connectivity index (χ0) is 15.6. The Labute approximate surface area is 132 Å². The summed E-state index contributed by atoms with van der Waals surface area (Å²) < 4.78 is 27.9. The number of rotatable bonds is 5. The van der Waals surface area contributed by atoms with Crippen LogP contribution in [0.2, 0.25) is 10.0 Å². The topological polar surface area (TPSA) is 67.2 Å². The summed E-state index contributed by atoms with van der Waals surface area (Å²) in [6, 6.07) is 4.57. The molecule has 0 unspecified atom stereocenters. The molecule has 0 atom stereocenters. The van der Waals surface area contributed by atoms with E-state index in [9.17, 15) is 8.42 Å². The fraction of sp³-hybridized carbons (Fsp3) is 0.417. The van der Waals surface area contributed by atoms with Crippen molar-refractivity contribution in [1.82, 2.24) is 0 Å². The van der Waals surface area contributed by atoms with E-state index in [2.05, 4.69) is 6.07 Å². The van der Waals surface area contributed by atoms with Gasteiger partial charge in [-0.15, -0.1) is 0 Å². The molecule has 0 aliphatic heterocycles. The quantitative estimate of drug-likeness (QED) is 0.740. The monoisotopic (exact) mass is 355 g/mol. The minimum Gasteiger partial charge on any atom is -0.492 e. The van der Waals surface area contributed by atoms with Crippen LogP contribution >= 0.6 is 33.9 Å². The molecule has 0 saturated carbocycles. The van der Waals surface area contributed by atoms with Gasteiger partial charge >= 0.3 is 0 Å². The number of halogens is 3. The highest BCUT2D eigenvalue weighted by atomic mass is 35.7. The SMILES string of the molecule is CC(C)(C#N)CCOc1cc(Cl)c(S(=O)(=O)Cl)cc1Cl. The zero-order valence-corrected chi connectivity index (χ0v) is 13.9. The lowest BCUT2D eigenvalue weighted by atomic mass is 9.92. The minimum atomic E-state index is -3.96. The van der Waals surface area contributed by atoms with Crippen molar-refractivity contribution >= 4 is 42.9 Å². The van der Waals surface area contributed by atoms with E-state index in [4.69, 9.17) is 43.9 Å². The van der Waals surface area contributed by atoms with E-state index in [0.717, 1.165) is 6.07 Å². The van der Waals surface area contributed by atoms with Crippen molar-refractivity contribution < 1.29 is 13.2 Å². The maximum Gasteiger partial charge on any atom is 0.262 e. The van der Waals surface area contributed by atoms with E-state index in [-0.39, 0.29) is 27.3 Å². The molecule has 0 saturated heterocycles. The Morgan fingerprint density at radius 1 is 1.30 bits per heavy atom. The smallest absolute Gasteiger partial charge is 0.262 e. The fourth-order valence-electron chi connectivity index (χ4n) is 1.28. The van der Waals surface area contributed by atoms with E-state index in [1.54, 1.807) is 13.8 Å². The summed E-state index contributed by atoms with van der Waals surface area (Å²) in [5.41, 5.74) is -0.518. The summed E-state index contributed by atoms with van der Waals surface area (Å²) in [6.45, 7) is 3.83. The average molecular weight is 357 g/mol. The first-order chi connectivity index (χ1) is 9.07. The molecule has 20 heavy (non-hydrogen) atoms. The van der Waals surface area contributed by atoms with Crippen LogP contribution in [0.5, 0.6) is 5.75 Å². The van der Waals surface area contributed by atoms with Gasteiger partial charge in [-0.05, 0) is 26.3 Å². The number of nitrogens with zero attached hydrogens (tertiary/aromatic N) is 1. The molecule has 0 heterocycles. The highest BCUT2D eigenvalue weighted by Gasteiger charge is 2.20. The number of benzene rings is 1. The first-order valence-corrected chi connectivity index (χ1v) is 8.61. The van der Waals surface area contributed by atoms with Gasteiger partial charge < -0.3 is 4.74 Å². The third-order valence-corrected chi connectivity index (χ3v) is 4.62. The molecule has 1 rings (SSSR count). The van der Waals surface area contributed by atoms with Crippen molar-refractivity contribution in [2.75, 3.05) is 6.61 Å². The lowest BCUT2D eigenvalue weighted by molar-refractivity contribution is 0.264. The van der Waals surface area contributed by atoms with Gasteiger partial charge in [0.05, 0.1) is 28.1 Å². The molecule has 0 radical (unpaired) electrons. The van der Waals surface area contributed by atoms with Crippen LogP contribution in [0.25, 0.3) is 0 Å². The molecular formula is C12H12Cl3NO3S. The second-order valence-electron chi connectivity index (χ2n) is 4.75. The van der Waals surface area contributed by atoms with Crippen molar-refractivity contribution in [3.05, 3.63) is 22.2 Å². The minimum absolute atomic E-state index is 0.0704. The molecule has 4 nitrogen and oxygen atoms in total. The maximum absolute atomic E-state index is 11.2. The molecule has 110 valence electrons. The van der Waals surface area contributed by atoms with Crippen LogP contribution in [0.3, 0.4) is 0 Å². The molecule has 0 aromatic heterocycles. The zero-order valence-electron chi connectivity index (χ0n) is 10.8. The highest BCUT2D eigenvalue weighted by Crippen LogP contribution is 2.35. The molecular weight excluding hydrogens is 345 g/mol. The van der Waals surface area contributed by atoms with Gasteiger partial charge in [0.2, 0.25) is 0 Å². The molecule has 8 heteroatoms. The van der Waals surface area contributed by atoms with Crippen LogP contribution in [-0.4, -0.2) is 15.0 Å². The number of ether oxygens (including phenoxy) is 1. The first kappa shape index (κ1) is 17.4. The van der Waals surface area contributed by atoms with Gasteiger partial charge in [0.15, 0.2) is 0 Å². The second-order valence-corrected chi connectivity index (χ2v) is 8.09. The van der Waals surface area contributed by atoms with E-state index in [1.807, 2.05) is 0 Å². The van der Waals surface area contributed by atoms with E-state index in [1.165, 1.54) is 6.07 Å². The van der Waals surface area contributed by atoms with Gasteiger partial charge in [-0.1, -0.05) is 23.2 Å². The predicted octanol–water partition coefficient (Wildman–Crippen LogP) is 4.24. The van der Waals surface area contributed by atoms with Gasteiger partial charge in [0.25, 0.3) is 9.05 Å². The van der Waals surface area contributed by atoms with E-state index in [0.29, 0.717) is 6.42 Å². The molecule has 0 bridgehead atoms. The van der Waals surface area contributed by atoms with Gasteiger partial charge in [0, 0.05) is 16.7 Å². The number of hydrogen-bond donors (Lipinski definition) is 0. The van der Waals surface area contributed by atoms with Gasteiger partial charge in [0.1, 0.15) is 10.6 Å². The summed E-state index contributed by atoms with van der Waals surface area (Å²) >= 11 is 11.7. The predicted molar refractivity (Wildman–Crippen MR) is 79.0 cm³/mol. The Balaban J connectivity index is 2.90. The molecule has 0 N–H and O–H groups in total. The summed E-state index contributed by atoms with van der Waals surface area (Å²) in [4.78, 5) is -0.268. The molecule has 0 fully saturated rings. The van der Waals surface area contributed by atoms with Gasteiger partial charge in [-0.25, -0.2) is 8.42 Å². The van der Waals surface area contributed by atoms with Crippen LogP contribution in [-0.2, 0) is 9.05 Å². The van der Waals surface area contributed by atoms with E-state index < -0.39 is 14.5 Å². The molecule has 1 aromatic rings. The summed E-state index contributed by atoms with van der Waals surface area (Å²) in [5.74, 6) is 0.245. The second kappa shape index (κ2) is 6.40. The normalized spacial score (nSPS) is 12.0. The van der Waals surface area contributed by atoms with Crippen LogP contribution in [0.4, 0.5) is 0 Å². The molecule has 0 spiro atoms. The van der Waals surface area contributed by atoms with Gasteiger partial charge in [-0.3, -0.25) is 0 Å².